The van der Waals surface area contributed by atoms with Gasteiger partial charge in [0, 0.05) is 28.4 Å². The fourth-order valence-electron chi connectivity index (χ4n) is 2.66. The molecule has 0 saturated heterocycles. The van der Waals surface area contributed by atoms with E-state index in [1.54, 1.807) is 53.3 Å². The van der Waals surface area contributed by atoms with Crippen LogP contribution in [-0.2, 0) is 0 Å². The maximum Gasteiger partial charge on any atom is 0.274 e. The number of benzene rings is 1. The first-order valence-corrected chi connectivity index (χ1v) is 8.94. The topological polar surface area (TPSA) is 68.5 Å². The van der Waals surface area contributed by atoms with E-state index in [1.165, 1.54) is 0 Å². The van der Waals surface area contributed by atoms with Gasteiger partial charge in [-0.2, -0.15) is 16.4 Å². The highest BCUT2D eigenvalue weighted by atomic mass is 32.1. The molecule has 1 aromatic carbocycles. The SMILES string of the molecule is COc1ccc(NC(=O)c2cc(C)n3nc(-c4ccsc4)cc3n2)cc1. The number of carbonyl (C=O) groups is 1. The molecule has 0 aliphatic rings. The molecule has 0 radical (unpaired) electrons. The molecule has 4 aromatic rings. The summed E-state index contributed by atoms with van der Waals surface area (Å²) >= 11 is 1.62. The Morgan fingerprint density at radius 2 is 2.00 bits per heavy atom. The molecular formula is C19H16N4O2S. The van der Waals surface area contributed by atoms with Gasteiger partial charge in [-0.15, -0.1) is 0 Å². The number of nitrogens with zero attached hydrogens (tertiary/aromatic N) is 3. The van der Waals surface area contributed by atoms with Crippen LogP contribution in [0.1, 0.15) is 16.2 Å². The highest BCUT2D eigenvalue weighted by Gasteiger charge is 2.14. The fraction of sp³-hybridized carbons (Fsp3) is 0.105. The number of methoxy groups -OCH3 is 1. The number of amides is 1. The maximum absolute atomic E-state index is 12.6. The minimum atomic E-state index is -0.265. The second-order valence-electron chi connectivity index (χ2n) is 5.78. The van der Waals surface area contributed by atoms with Gasteiger partial charge in [0.1, 0.15) is 11.4 Å². The molecule has 130 valence electrons. The first kappa shape index (κ1) is 16.3. The summed E-state index contributed by atoms with van der Waals surface area (Å²) in [6, 6.07) is 12.8. The van der Waals surface area contributed by atoms with E-state index in [0.717, 1.165) is 22.7 Å². The molecule has 0 atom stereocenters. The van der Waals surface area contributed by atoms with Crippen molar-refractivity contribution >= 4 is 28.6 Å². The number of nitrogens with one attached hydrogen (secondary N) is 1. The lowest BCUT2D eigenvalue weighted by molar-refractivity contribution is 0.102. The smallest absolute Gasteiger partial charge is 0.274 e. The summed E-state index contributed by atoms with van der Waals surface area (Å²) in [5.74, 6) is 0.470. The summed E-state index contributed by atoms with van der Waals surface area (Å²) in [6.45, 7) is 1.91. The third-order valence-electron chi connectivity index (χ3n) is 4.00. The molecule has 6 nitrogen and oxygen atoms in total. The van der Waals surface area contributed by atoms with E-state index in [4.69, 9.17) is 4.74 Å². The van der Waals surface area contributed by atoms with Crippen molar-refractivity contribution in [2.75, 3.05) is 12.4 Å². The van der Waals surface area contributed by atoms with Gasteiger partial charge in [-0.1, -0.05) is 0 Å². The Kier molecular flexibility index (Phi) is 4.14. The van der Waals surface area contributed by atoms with Crippen LogP contribution in [0.5, 0.6) is 5.75 Å². The number of carbonyl (C=O) groups excluding carboxylic acids is 1. The van der Waals surface area contributed by atoms with Gasteiger partial charge in [0.25, 0.3) is 5.91 Å². The van der Waals surface area contributed by atoms with Gasteiger partial charge in [0.05, 0.1) is 12.8 Å². The van der Waals surface area contributed by atoms with Gasteiger partial charge in [-0.05, 0) is 48.7 Å². The van der Waals surface area contributed by atoms with Gasteiger partial charge < -0.3 is 10.1 Å². The lowest BCUT2D eigenvalue weighted by Crippen LogP contribution is -2.15. The second-order valence-corrected chi connectivity index (χ2v) is 6.56. The third-order valence-corrected chi connectivity index (χ3v) is 4.69. The predicted octanol–water partition coefficient (Wildman–Crippen LogP) is 4.03. The summed E-state index contributed by atoms with van der Waals surface area (Å²) < 4.78 is 6.87. The molecule has 3 aromatic heterocycles. The van der Waals surface area contributed by atoms with Crippen LogP contribution in [0.3, 0.4) is 0 Å². The monoisotopic (exact) mass is 364 g/mol. The zero-order chi connectivity index (χ0) is 18.1. The predicted molar refractivity (Wildman–Crippen MR) is 102 cm³/mol. The summed E-state index contributed by atoms with van der Waals surface area (Å²) in [5, 5.41) is 11.5. The van der Waals surface area contributed by atoms with Crippen molar-refractivity contribution in [3.05, 3.63) is 64.6 Å². The summed E-state index contributed by atoms with van der Waals surface area (Å²) in [7, 11) is 1.60. The molecule has 0 unspecified atom stereocenters. The summed E-state index contributed by atoms with van der Waals surface area (Å²) in [5.41, 5.74) is 4.41. The largest absolute Gasteiger partial charge is 0.497 e. The van der Waals surface area contributed by atoms with Crippen LogP contribution in [0.25, 0.3) is 16.9 Å². The van der Waals surface area contributed by atoms with E-state index in [1.807, 2.05) is 29.8 Å². The molecule has 0 saturated carbocycles. The Morgan fingerprint density at radius 1 is 1.19 bits per heavy atom. The standard InChI is InChI=1S/C19H16N4O2S/c1-12-9-17(19(24)20-14-3-5-15(25-2)6-4-14)21-18-10-16(22-23(12)18)13-7-8-26-11-13/h3-11H,1-2H3,(H,20,24). The van der Waals surface area contributed by atoms with Crippen LogP contribution in [0.15, 0.2) is 53.2 Å². The maximum atomic E-state index is 12.6. The average Bonchev–Trinajstić information content (AvgIpc) is 3.31. The molecule has 0 aliphatic carbocycles. The number of aromatic nitrogens is 3. The minimum Gasteiger partial charge on any atom is -0.497 e. The van der Waals surface area contributed by atoms with Gasteiger partial charge in [-0.3, -0.25) is 4.79 Å². The molecule has 1 N–H and O–H groups in total. The van der Waals surface area contributed by atoms with E-state index in [2.05, 4.69) is 15.4 Å². The Morgan fingerprint density at radius 3 is 2.69 bits per heavy atom. The Hall–Kier alpha value is -3.19. The summed E-state index contributed by atoms with van der Waals surface area (Å²) in [6.07, 6.45) is 0. The number of hydrogen-bond acceptors (Lipinski definition) is 5. The number of hydrogen-bond donors (Lipinski definition) is 1. The van der Waals surface area contributed by atoms with Gasteiger partial charge >= 0.3 is 0 Å². The van der Waals surface area contributed by atoms with Gasteiger partial charge in [0.2, 0.25) is 0 Å². The molecule has 7 heteroatoms. The fourth-order valence-corrected chi connectivity index (χ4v) is 3.31. The quantitative estimate of drug-likeness (QED) is 0.594. The van der Waals surface area contributed by atoms with E-state index in [-0.39, 0.29) is 5.91 Å². The van der Waals surface area contributed by atoms with E-state index < -0.39 is 0 Å². The average molecular weight is 364 g/mol. The van der Waals surface area contributed by atoms with Crippen LogP contribution in [0.4, 0.5) is 5.69 Å². The highest BCUT2D eigenvalue weighted by molar-refractivity contribution is 7.08. The van der Waals surface area contributed by atoms with E-state index in [0.29, 0.717) is 17.0 Å². The van der Waals surface area contributed by atoms with E-state index >= 15 is 0 Å². The van der Waals surface area contributed by atoms with Crippen LogP contribution < -0.4 is 10.1 Å². The van der Waals surface area contributed by atoms with Gasteiger partial charge in [0.15, 0.2) is 5.65 Å². The molecule has 26 heavy (non-hydrogen) atoms. The van der Waals surface area contributed by atoms with Crippen LogP contribution in [0, 0.1) is 6.92 Å². The Labute approximate surface area is 154 Å². The number of thiophene rings is 1. The summed E-state index contributed by atoms with van der Waals surface area (Å²) in [4.78, 5) is 17.0. The molecule has 1 amide bonds. The Bertz CT molecular complexity index is 1070. The van der Waals surface area contributed by atoms with Crippen molar-refractivity contribution in [2.24, 2.45) is 0 Å². The number of fused-ring (bicyclic) bond motifs is 1. The molecular weight excluding hydrogens is 348 g/mol. The number of ether oxygens (including phenoxy) is 1. The molecule has 0 spiro atoms. The van der Waals surface area contributed by atoms with Crippen molar-refractivity contribution in [2.45, 2.75) is 6.92 Å². The van der Waals surface area contributed by atoms with E-state index in [9.17, 15) is 4.79 Å². The first-order valence-electron chi connectivity index (χ1n) is 7.99. The first-order chi connectivity index (χ1) is 12.6. The van der Waals surface area contributed by atoms with Crippen LogP contribution >= 0.6 is 11.3 Å². The normalized spacial score (nSPS) is 10.8. The molecule has 3 heterocycles. The van der Waals surface area contributed by atoms with Crippen molar-refractivity contribution in [1.82, 2.24) is 14.6 Å². The van der Waals surface area contributed by atoms with Crippen LogP contribution in [-0.4, -0.2) is 27.6 Å². The number of aryl methyl sites for hydroxylation is 1. The second kappa shape index (κ2) is 6.61. The van der Waals surface area contributed by atoms with Crippen molar-refractivity contribution in [1.29, 1.82) is 0 Å². The molecule has 4 rings (SSSR count). The lowest BCUT2D eigenvalue weighted by Gasteiger charge is -2.07. The minimum absolute atomic E-state index is 0.265. The Balaban J connectivity index is 1.64. The molecule has 0 fully saturated rings. The van der Waals surface area contributed by atoms with Crippen molar-refractivity contribution in [3.8, 4) is 17.0 Å². The van der Waals surface area contributed by atoms with Crippen LogP contribution in [0.2, 0.25) is 0 Å². The zero-order valence-corrected chi connectivity index (χ0v) is 15.1. The molecule has 0 aliphatic heterocycles. The van der Waals surface area contributed by atoms with Crippen molar-refractivity contribution < 1.29 is 9.53 Å². The molecule has 0 bridgehead atoms. The zero-order valence-electron chi connectivity index (χ0n) is 14.3. The lowest BCUT2D eigenvalue weighted by atomic mass is 10.2. The highest BCUT2D eigenvalue weighted by Crippen LogP contribution is 2.23. The number of rotatable bonds is 4. The van der Waals surface area contributed by atoms with Crippen molar-refractivity contribution in [3.63, 3.8) is 0 Å². The number of anilines is 1. The third kappa shape index (κ3) is 3.04. The van der Waals surface area contributed by atoms with Gasteiger partial charge in [-0.25, -0.2) is 9.50 Å².